The van der Waals surface area contributed by atoms with E-state index in [1.54, 1.807) is 0 Å². The summed E-state index contributed by atoms with van der Waals surface area (Å²) in [7, 11) is 0. The minimum atomic E-state index is -0.526. The lowest BCUT2D eigenvalue weighted by molar-refractivity contribution is -0.121. The van der Waals surface area contributed by atoms with Crippen molar-refractivity contribution >= 4 is 23.4 Å². The van der Waals surface area contributed by atoms with E-state index in [0.717, 1.165) is 17.0 Å². The van der Waals surface area contributed by atoms with Gasteiger partial charge in [0.15, 0.2) is 0 Å². The molecule has 0 fully saturated rings. The molecule has 1 aromatic rings. The van der Waals surface area contributed by atoms with E-state index in [0.29, 0.717) is 13.0 Å². The van der Waals surface area contributed by atoms with E-state index in [2.05, 4.69) is 21.2 Å². The fourth-order valence-corrected chi connectivity index (χ4v) is 2.71. The van der Waals surface area contributed by atoms with Crippen molar-refractivity contribution in [2.24, 2.45) is 11.0 Å². The van der Waals surface area contributed by atoms with Gasteiger partial charge in [-0.2, -0.15) is 5.10 Å². The molecule has 0 aromatic heterocycles. The van der Waals surface area contributed by atoms with E-state index in [-0.39, 0.29) is 11.8 Å². The highest BCUT2D eigenvalue weighted by Crippen LogP contribution is 2.19. The zero-order valence-corrected chi connectivity index (χ0v) is 17.0. The Kier molecular flexibility index (Phi) is 6.13. The quantitative estimate of drug-likeness (QED) is 0.738. The highest BCUT2D eigenvalue weighted by molar-refractivity contribution is 6.05. The highest BCUT2D eigenvalue weighted by Gasteiger charge is 2.25. The molecule has 0 spiro atoms. The Hall–Kier alpha value is -2.57. The third kappa shape index (κ3) is 6.58. The van der Waals surface area contributed by atoms with Crippen molar-refractivity contribution in [3.8, 4) is 0 Å². The summed E-state index contributed by atoms with van der Waals surface area (Å²) in [5, 5.41) is 10.4. The molecule has 1 aliphatic rings. The predicted octanol–water partition coefficient (Wildman–Crippen LogP) is 3.26. The van der Waals surface area contributed by atoms with Crippen molar-refractivity contribution in [3.05, 3.63) is 29.8 Å². The van der Waals surface area contributed by atoms with Crippen LogP contribution in [0.5, 0.6) is 0 Å². The predicted molar refractivity (Wildman–Crippen MR) is 107 cm³/mol. The maximum absolute atomic E-state index is 12.0. The number of carbonyl (C=O) groups is 2. The maximum atomic E-state index is 12.0. The number of anilines is 1. The average Bonchev–Trinajstić information content (AvgIpc) is 2.51. The number of amides is 2. The second-order valence-corrected chi connectivity index (χ2v) is 8.58. The summed E-state index contributed by atoms with van der Waals surface area (Å²) in [6.45, 7) is 11.9. The van der Waals surface area contributed by atoms with Gasteiger partial charge in [0.2, 0.25) is 5.91 Å². The van der Waals surface area contributed by atoms with Crippen molar-refractivity contribution < 1.29 is 14.3 Å². The number of nitrogens with zero attached hydrogens (tertiary/aromatic N) is 1. The summed E-state index contributed by atoms with van der Waals surface area (Å²) in [6.07, 6.45) is 0.0135. The third-order valence-corrected chi connectivity index (χ3v) is 4.01. The number of ether oxygens (including phenoxy) is 1. The average molecular weight is 374 g/mol. The minimum absolute atomic E-state index is 0.0516. The number of nitrogens with one attached hydrogen (secondary N) is 3. The van der Waals surface area contributed by atoms with Crippen molar-refractivity contribution in [1.82, 2.24) is 10.7 Å². The molecule has 1 aromatic carbocycles. The largest absolute Gasteiger partial charge is 0.444 e. The van der Waals surface area contributed by atoms with Gasteiger partial charge in [-0.05, 0) is 52.3 Å². The SMILES string of the molecule is C[C@H]1CC(=O)NN=C1c1ccc(NCC(C)(C)NC(=O)OC(C)(C)C)cc1. The minimum Gasteiger partial charge on any atom is -0.444 e. The molecule has 0 radical (unpaired) electrons. The van der Waals surface area contributed by atoms with Crippen LogP contribution in [0.25, 0.3) is 0 Å². The normalized spacial score (nSPS) is 17.6. The zero-order valence-electron chi connectivity index (χ0n) is 17.0. The Morgan fingerprint density at radius 3 is 2.41 bits per heavy atom. The van der Waals surface area contributed by atoms with Crippen LogP contribution < -0.4 is 16.1 Å². The molecule has 7 nitrogen and oxygen atoms in total. The molecule has 0 unspecified atom stereocenters. The lowest BCUT2D eigenvalue weighted by Crippen LogP contribution is -2.49. The number of rotatable bonds is 5. The molecule has 0 aliphatic carbocycles. The molecule has 2 amide bonds. The summed E-state index contributed by atoms with van der Waals surface area (Å²) in [5.74, 6) is 0.0405. The fourth-order valence-electron chi connectivity index (χ4n) is 2.71. The van der Waals surface area contributed by atoms with Crippen molar-refractivity contribution in [2.45, 2.75) is 59.1 Å². The van der Waals surface area contributed by atoms with E-state index in [1.165, 1.54) is 0 Å². The van der Waals surface area contributed by atoms with Crippen molar-refractivity contribution in [1.29, 1.82) is 0 Å². The Morgan fingerprint density at radius 2 is 1.85 bits per heavy atom. The first kappa shape index (κ1) is 20.7. The summed E-state index contributed by atoms with van der Waals surface area (Å²) in [5.41, 5.74) is 4.34. The lowest BCUT2D eigenvalue weighted by atomic mass is 9.94. The van der Waals surface area contributed by atoms with E-state index in [1.807, 2.05) is 65.8 Å². The molecule has 27 heavy (non-hydrogen) atoms. The van der Waals surface area contributed by atoms with E-state index >= 15 is 0 Å². The van der Waals surface area contributed by atoms with Crippen LogP contribution in [0.1, 0.15) is 53.5 Å². The molecule has 1 heterocycles. The smallest absolute Gasteiger partial charge is 0.408 e. The Balaban J connectivity index is 1.92. The van der Waals surface area contributed by atoms with Gasteiger partial charge in [-0.3, -0.25) is 4.79 Å². The van der Waals surface area contributed by atoms with E-state index in [4.69, 9.17) is 4.74 Å². The Labute approximate surface area is 160 Å². The second kappa shape index (κ2) is 7.98. The summed E-state index contributed by atoms with van der Waals surface area (Å²) in [4.78, 5) is 23.3. The van der Waals surface area contributed by atoms with Gasteiger partial charge in [0.1, 0.15) is 5.60 Å². The molecule has 0 saturated heterocycles. The van der Waals surface area contributed by atoms with Crippen molar-refractivity contribution in [2.75, 3.05) is 11.9 Å². The van der Waals surface area contributed by atoms with Crippen molar-refractivity contribution in [3.63, 3.8) is 0 Å². The standard InChI is InChI=1S/C20H30N4O3/c1-13-11-16(25)23-24-17(13)14-7-9-15(10-8-14)21-12-20(5,6)22-18(26)27-19(2,3)4/h7-10,13,21H,11-12H2,1-6H3,(H,22,26)(H,23,25)/t13-/m0/s1. The molecule has 1 atom stereocenters. The first-order valence-electron chi connectivity index (χ1n) is 9.17. The number of hydrazone groups is 1. The van der Waals surface area contributed by atoms with Crippen LogP contribution in [-0.2, 0) is 9.53 Å². The van der Waals surface area contributed by atoms with Gasteiger partial charge in [0.25, 0.3) is 0 Å². The Morgan fingerprint density at radius 1 is 1.22 bits per heavy atom. The second-order valence-electron chi connectivity index (χ2n) is 8.58. The highest BCUT2D eigenvalue weighted by atomic mass is 16.6. The molecule has 0 bridgehead atoms. The van der Waals surface area contributed by atoms with Crippen LogP contribution in [-0.4, -0.2) is 35.4 Å². The third-order valence-electron chi connectivity index (χ3n) is 4.01. The van der Waals surface area contributed by atoms with Gasteiger partial charge in [-0.15, -0.1) is 0 Å². The van der Waals surface area contributed by atoms with Gasteiger partial charge in [0, 0.05) is 24.6 Å². The van der Waals surface area contributed by atoms with Gasteiger partial charge in [-0.1, -0.05) is 19.1 Å². The van der Waals surface area contributed by atoms with Crippen LogP contribution >= 0.6 is 0 Å². The molecular formula is C20H30N4O3. The zero-order chi connectivity index (χ0) is 20.2. The molecule has 7 heteroatoms. The monoisotopic (exact) mass is 374 g/mol. The molecule has 148 valence electrons. The van der Waals surface area contributed by atoms with E-state index in [9.17, 15) is 9.59 Å². The number of hydrogen-bond donors (Lipinski definition) is 3. The maximum Gasteiger partial charge on any atom is 0.408 e. The Bertz CT molecular complexity index is 718. The number of alkyl carbamates (subject to hydrolysis) is 1. The van der Waals surface area contributed by atoms with Crippen LogP contribution in [0, 0.1) is 5.92 Å². The van der Waals surface area contributed by atoms with E-state index < -0.39 is 17.2 Å². The van der Waals surface area contributed by atoms with Gasteiger partial charge >= 0.3 is 6.09 Å². The molecule has 0 saturated carbocycles. The van der Waals surface area contributed by atoms with Crippen LogP contribution in [0.4, 0.5) is 10.5 Å². The lowest BCUT2D eigenvalue weighted by Gasteiger charge is -2.29. The van der Waals surface area contributed by atoms with Crippen LogP contribution in [0.15, 0.2) is 29.4 Å². The number of benzene rings is 1. The molecule has 2 rings (SSSR count). The first-order chi connectivity index (χ1) is 12.5. The molecule has 1 aliphatic heterocycles. The van der Waals surface area contributed by atoms with Gasteiger partial charge in [-0.25, -0.2) is 10.2 Å². The summed E-state index contributed by atoms with van der Waals surface area (Å²) in [6, 6.07) is 7.88. The van der Waals surface area contributed by atoms with Crippen LogP contribution in [0.2, 0.25) is 0 Å². The molecule has 3 N–H and O–H groups in total. The van der Waals surface area contributed by atoms with Gasteiger partial charge < -0.3 is 15.4 Å². The fraction of sp³-hybridized carbons (Fsp3) is 0.550. The number of hydrogen-bond acceptors (Lipinski definition) is 5. The molecular weight excluding hydrogens is 344 g/mol. The topological polar surface area (TPSA) is 91.8 Å². The summed E-state index contributed by atoms with van der Waals surface area (Å²) >= 11 is 0. The van der Waals surface area contributed by atoms with Gasteiger partial charge in [0.05, 0.1) is 11.3 Å². The first-order valence-corrected chi connectivity index (χ1v) is 9.17. The number of carbonyl (C=O) groups excluding carboxylic acids is 2. The van der Waals surface area contributed by atoms with Crippen LogP contribution in [0.3, 0.4) is 0 Å². The summed E-state index contributed by atoms with van der Waals surface area (Å²) < 4.78 is 5.31.